The molecule has 74 valence electrons. The number of ether oxygens (including phenoxy) is 2. The number of carbonyl (C=O) groups is 1. The lowest BCUT2D eigenvalue weighted by molar-refractivity contribution is -0.154. The van der Waals surface area contributed by atoms with Crippen molar-refractivity contribution in [3.8, 4) is 0 Å². The van der Waals surface area contributed by atoms with Gasteiger partial charge in [0.1, 0.15) is 5.92 Å². The molecule has 1 atom stereocenters. The van der Waals surface area contributed by atoms with Gasteiger partial charge in [-0.1, -0.05) is 6.08 Å². The third-order valence-electron chi connectivity index (χ3n) is 2.14. The number of ketones is 1. The largest absolute Gasteiger partial charge is 0.384 e. The van der Waals surface area contributed by atoms with E-state index in [-0.39, 0.29) is 11.7 Å². The Morgan fingerprint density at radius 1 is 1.38 bits per heavy atom. The van der Waals surface area contributed by atoms with Crippen molar-refractivity contribution >= 4 is 5.78 Å². The van der Waals surface area contributed by atoms with Crippen LogP contribution in [0.25, 0.3) is 0 Å². The number of nitrogens with zero attached hydrogens (tertiary/aromatic N) is 1. The Bertz CT molecular complexity index is 231. The second kappa shape index (κ2) is 3.47. The second-order valence-electron chi connectivity index (χ2n) is 3.22. The summed E-state index contributed by atoms with van der Waals surface area (Å²) in [6, 6.07) is 0. The van der Waals surface area contributed by atoms with Gasteiger partial charge in [-0.2, -0.15) is 0 Å². The summed E-state index contributed by atoms with van der Waals surface area (Å²) in [6.07, 6.45) is 3.61. The third kappa shape index (κ3) is 1.59. The van der Waals surface area contributed by atoms with E-state index in [1.165, 1.54) is 14.2 Å². The van der Waals surface area contributed by atoms with E-state index in [9.17, 15) is 4.79 Å². The molecule has 1 fully saturated rings. The van der Waals surface area contributed by atoms with Crippen LogP contribution in [0.5, 0.6) is 0 Å². The van der Waals surface area contributed by atoms with Crippen LogP contribution in [0, 0.1) is 5.92 Å². The summed E-state index contributed by atoms with van der Waals surface area (Å²) in [4.78, 5) is 13.2. The molecule has 0 aromatic carbocycles. The first kappa shape index (κ1) is 10.2. The monoisotopic (exact) mass is 185 g/mol. The number of hydrogen-bond donors (Lipinski definition) is 0. The Kier molecular flexibility index (Phi) is 2.73. The van der Waals surface area contributed by atoms with Gasteiger partial charge in [-0.05, 0) is 6.20 Å². The molecule has 4 heteroatoms. The Morgan fingerprint density at radius 2 is 1.92 bits per heavy atom. The number of rotatable bonds is 4. The number of hydrogen-bond acceptors (Lipinski definition) is 4. The molecule has 0 heterocycles. The van der Waals surface area contributed by atoms with E-state index in [1.54, 1.807) is 6.08 Å². The first-order chi connectivity index (χ1) is 6.08. The van der Waals surface area contributed by atoms with Gasteiger partial charge in [0.2, 0.25) is 11.6 Å². The minimum absolute atomic E-state index is 0.0180. The van der Waals surface area contributed by atoms with Crippen molar-refractivity contribution in [1.29, 1.82) is 0 Å². The molecule has 0 spiro atoms. The van der Waals surface area contributed by atoms with Gasteiger partial charge in [-0.15, -0.1) is 0 Å². The molecule has 1 rings (SSSR count). The van der Waals surface area contributed by atoms with Gasteiger partial charge in [0.05, 0.1) is 0 Å². The van der Waals surface area contributed by atoms with Crippen molar-refractivity contribution in [1.82, 2.24) is 4.90 Å². The summed E-state index contributed by atoms with van der Waals surface area (Å²) >= 11 is 0. The number of Topliss-reactive ketones (excluding diaryl/α,β-unsaturated/α-hetero) is 1. The first-order valence-corrected chi connectivity index (χ1v) is 4.08. The fraction of sp³-hybridized carbons (Fsp3) is 0.667. The van der Waals surface area contributed by atoms with Gasteiger partial charge in [0, 0.05) is 28.3 Å². The molecule has 1 unspecified atom stereocenters. The molecular formula is C9H15NO3. The molecule has 1 aliphatic rings. The summed E-state index contributed by atoms with van der Waals surface area (Å²) < 4.78 is 10.0. The average Bonchev–Trinajstić information content (AvgIpc) is 2.67. The van der Waals surface area contributed by atoms with Gasteiger partial charge in [0.15, 0.2) is 0 Å². The average molecular weight is 185 g/mol. The van der Waals surface area contributed by atoms with Gasteiger partial charge >= 0.3 is 0 Å². The van der Waals surface area contributed by atoms with E-state index >= 15 is 0 Å². The van der Waals surface area contributed by atoms with Crippen LogP contribution in [-0.2, 0) is 14.3 Å². The summed E-state index contributed by atoms with van der Waals surface area (Å²) in [5, 5.41) is 0. The van der Waals surface area contributed by atoms with E-state index < -0.39 is 5.79 Å². The Hall–Kier alpha value is -0.870. The fourth-order valence-electron chi connectivity index (χ4n) is 1.30. The van der Waals surface area contributed by atoms with Crippen molar-refractivity contribution in [2.45, 2.75) is 5.79 Å². The lowest BCUT2D eigenvalue weighted by atomic mass is 10.4. The van der Waals surface area contributed by atoms with E-state index in [0.29, 0.717) is 0 Å². The van der Waals surface area contributed by atoms with Gasteiger partial charge in [-0.3, -0.25) is 4.79 Å². The van der Waals surface area contributed by atoms with Crippen LogP contribution in [0.3, 0.4) is 0 Å². The van der Waals surface area contributed by atoms with Crippen LogP contribution in [0.1, 0.15) is 0 Å². The van der Waals surface area contributed by atoms with Crippen molar-refractivity contribution in [3.63, 3.8) is 0 Å². The highest BCUT2D eigenvalue weighted by Gasteiger charge is 2.66. The molecule has 1 saturated carbocycles. The molecule has 0 saturated heterocycles. The zero-order chi connectivity index (χ0) is 10.1. The molecule has 0 aliphatic heterocycles. The lowest BCUT2D eigenvalue weighted by Gasteiger charge is -2.09. The molecule has 13 heavy (non-hydrogen) atoms. The molecule has 0 amide bonds. The molecule has 0 aromatic heterocycles. The van der Waals surface area contributed by atoms with Crippen molar-refractivity contribution < 1.29 is 14.3 Å². The SMILES string of the molecule is COC1(OC)C(=O)C1/C=C/N(C)C. The smallest absolute Gasteiger partial charge is 0.243 e. The van der Waals surface area contributed by atoms with Gasteiger partial charge < -0.3 is 14.4 Å². The maximum atomic E-state index is 11.3. The van der Waals surface area contributed by atoms with Gasteiger partial charge in [-0.25, -0.2) is 0 Å². The van der Waals surface area contributed by atoms with E-state index in [4.69, 9.17) is 9.47 Å². The van der Waals surface area contributed by atoms with Gasteiger partial charge in [0.25, 0.3) is 0 Å². The topological polar surface area (TPSA) is 38.8 Å². The summed E-state index contributed by atoms with van der Waals surface area (Å²) in [6.45, 7) is 0. The number of methoxy groups -OCH3 is 2. The summed E-state index contributed by atoms with van der Waals surface area (Å²) in [5.74, 6) is -1.28. The Labute approximate surface area is 78.1 Å². The first-order valence-electron chi connectivity index (χ1n) is 4.08. The highest BCUT2D eigenvalue weighted by Crippen LogP contribution is 2.43. The van der Waals surface area contributed by atoms with Crippen LogP contribution in [0.4, 0.5) is 0 Å². The third-order valence-corrected chi connectivity index (χ3v) is 2.14. The van der Waals surface area contributed by atoms with Crippen LogP contribution >= 0.6 is 0 Å². The lowest BCUT2D eigenvalue weighted by Crippen LogP contribution is -2.19. The highest BCUT2D eigenvalue weighted by molar-refractivity contribution is 6.07. The van der Waals surface area contributed by atoms with Crippen molar-refractivity contribution in [2.75, 3.05) is 28.3 Å². The standard InChI is InChI=1S/C9H15NO3/c1-10(2)6-5-7-8(11)9(7,12-3)13-4/h5-7H,1-4H3/b6-5+. The fourth-order valence-corrected chi connectivity index (χ4v) is 1.30. The molecule has 1 aliphatic carbocycles. The second-order valence-corrected chi connectivity index (χ2v) is 3.22. The molecule has 0 radical (unpaired) electrons. The summed E-state index contributed by atoms with van der Waals surface area (Å²) in [5.41, 5.74) is 0. The predicted octanol–water partition coefficient (Wildman–Crippen LogP) is 0.250. The zero-order valence-electron chi connectivity index (χ0n) is 8.40. The van der Waals surface area contributed by atoms with E-state index in [2.05, 4.69) is 0 Å². The zero-order valence-corrected chi connectivity index (χ0v) is 8.40. The molecular weight excluding hydrogens is 170 g/mol. The van der Waals surface area contributed by atoms with Crippen LogP contribution in [0.2, 0.25) is 0 Å². The van der Waals surface area contributed by atoms with Crippen molar-refractivity contribution in [3.05, 3.63) is 12.3 Å². The quantitative estimate of drug-likeness (QED) is 0.588. The predicted molar refractivity (Wildman–Crippen MR) is 48.1 cm³/mol. The van der Waals surface area contributed by atoms with Crippen LogP contribution in [-0.4, -0.2) is 44.8 Å². The minimum Gasteiger partial charge on any atom is -0.384 e. The molecule has 0 bridgehead atoms. The van der Waals surface area contributed by atoms with E-state index in [0.717, 1.165) is 0 Å². The maximum Gasteiger partial charge on any atom is 0.243 e. The molecule has 4 nitrogen and oxygen atoms in total. The van der Waals surface area contributed by atoms with Crippen molar-refractivity contribution in [2.24, 2.45) is 5.92 Å². The molecule has 0 aromatic rings. The van der Waals surface area contributed by atoms with E-state index in [1.807, 2.05) is 25.2 Å². The maximum absolute atomic E-state index is 11.3. The number of carbonyl (C=O) groups excluding carboxylic acids is 1. The van der Waals surface area contributed by atoms with Crippen LogP contribution in [0.15, 0.2) is 12.3 Å². The molecule has 0 N–H and O–H groups in total. The summed E-state index contributed by atoms with van der Waals surface area (Å²) in [7, 11) is 6.74. The minimum atomic E-state index is -1.01. The Morgan fingerprint density at radius 3 is 2.23 bits per heavy atom. The van der Waals surface area contributed by atoms with Crippen LogP contribution < -0.4 is 0 Å². The highest BCUT2D eigenvalue weighted by atomic mass is 16.7. The Balaban J connectivity index is 2.62. The normalized spacial score (nSPS) is 25.2.